The molecule has 0 bridgehead atoms. The van der Waals surface area contributed by atoms with Gasteiger partial charge >= 0.3 is 0 Å². The van der Waals surface area contributed by atoms with Crippen molar-refractivity contribution in [2.75, 3.05) is 25.4 Å². The Morgan fingerprint density at radius 2 is 1.86 bits per heavy atom. The third-order valence-electron chi connectivity index (χ3n) is 4.10. The number of carbonyl (C=O) groups is 3. The van der Waals surface area contributed by atoms with Gasteiger partial charge in [0.25, 0.3) is 17.5 Å². The van der Waals surface area contributed by atoms with E-state index in [1.54, 1.807) is 0 Å². The molecule has 0 fully saturated rings. The van der Waals surface area contributed by atoms with Crippen LogP contribution in [-0.4, -0.2) is 61.3 Å². The van der Waals surface area contributed by atoms with E-state index in [2.05, 4.69) is 10.0 Å². The molecule has 1 aliphatic rings. The zero-order chi connectivity index (χ0) is 20.9. The molecule has 0 atom stereocenters. The van der Waals surface area contributed by atoms with Gasteiger partial charge in [-0.05, 0) is 19.4 Å². The van der Waals surface area contributed by atoms with E-state index < -0.39 is 26.8 Å². The van der Waals surface area contributed by atoms with Crippen molar-refractivity contribution in [3.8, 4) is 0 Å². The Morgan fingerprint density at radius 1 is 1.18 bits per heavy atom. The molecule has 0 saturated heterocycles. The number of nitro benzene ring substituents is 1. The third-order valence-corrected chi connectivity index (χ3v) is 5.50. The molecule has 0 saturated carbocycles. The summed E-state index contributed by atoms with van der Waals surface area (Å²) in [5, 5.41) is 13.3. The summed E-state index contributed by atoms with van der Waals surface area (Å²) in [5.74, 6) is -1.57. The van der Waals surface area contributed by atoms with Gasteiger partial charge in [-0.3, -0.25) is 29.4 Å². The van der Waals surface area contributed by atoms with E-state index in [0.29, 0.717) is 0 Å². The molecule has 152 valence electrons. The molecule has 0 spiro atoms. The van der Waals surface area contributed by atoms with Gasteiger partial charge in [0.2, 0.25) is 15.9 Å². The van der Waals surface area contributed by atoms with Crippen LogP contribution in [0.5, 0.6) is 0 Å². The predicted octanol–water partition coefficient (Wildman–Crippen LogP) is 0.0265. The van der Waals surface area contributed by atoms with Crippen molar-refractivity contribution >= 4 is 33.4 Å². The number of benzene rings is 1. The first-order chi connectivity index (χ1) is 13.2. The van der Waals surface area contributed by atoms with Crippen LogP contribution in [0.2, 0.25) is 0 Å². The average Bonchev–Trinajstić information content (AvgIpc) is 2.89. The Morgan fingerprint density at radius 3 is 2.50 bits per heavy atom. The number of sulfonamides is 1. The number of nitro groups is 1. The fraction of sp³-hybridized carbons (Fsp3) is 0.438. The van der Waals surface area contributed by atoms with E-state index in [-0.39, 0.29) is 61.0 Å². The summed E-state index contributed by atoms with van der Waals surface area (Å²) < 4.78 is 24.8. The number of non-ortho nitro benzene ring substituents is 1. The maximum atomic E-state index is 12.3. The standard InChI is InChI=1S/C16H20N4O7S/c1-2-28(26,27)18-8-7-17-14(21)4-3-9-19-15(22)12-6-5-11(20(24)25)10-13(12)16(19)23/h5-6,10,18H,2-4,7-9H2,1H3,(H,17,21). The lowest BCUT2D eigenvalue weighted by Crippen LogP contribution is -2.36. The minimum atomic E-state index is -3.32. The average molecular weight is 412 g/mol. The van der Waals surface area contributed by atoms with Crippen molar-refractivity contribution in [1.29, 1.82) is 0 Å². The van der Waals surface area contributed by atoms with Crippen LogP contribution in [-0.2, 0) is 14.8 Å². The van der Waals surface area contributed by atoms with Crippen LogP contribution in [0.15, 0.2) is 18.2 Å². The highest BCUT2D eigenvalue weighted by atomic mass is 32.2. The molecule has 0 aliphatic carbocycles. The minimum absolute atomic E-state index is 0.00394. The van der Waals surface area contributed by atoms with Gasteiger partial charge < -0.3 is 5.32 Å². The Kier molecular flexibility index (Phi) is 6.80. The van der Waals surface area contributed by atoms with Crippen molar-refractivity contribution in [1.82, 2.24) is 14.9 Å². The smallest absolute Gasteiger partial charge is 0.270 e. The number of nitrogens with zero attached hydrogens (tertiary/aromatic N) is 2. The first-order valence-electron chi connectivity index (χ1n) is 8.55. The molecule has 1 heterocycles. The van der Waals surface area contributed by atoms with Gasteiger partial charge in [0.1, 0.15) is 0 Å². The maximum Gasteiger partial charge on any atom is 0.270 e. The fourth-order valence-corrected chi connectivity index (χ4v) is 3.21. The van der Waals surface area contributed by atoms with E-state index in [4.69, 9.17) is 0 Å². The minimum Gasteiger partial charge on any atom is -0.355 e. The molecule has 3 amide bonds. The van der Waals surface area contributed by atoms with Gasteiger partial charge in [0.15, 0.2) is 0 Å². The van der Waals surface area contributed by atoms with E-state index >= 15 is 0 Å². The van der Waals surface area contributed by atoms with Crippen LogP contribution in [0.4, 0.5) is 5.69 Å². The number of fused-ring (bicyclic) bond motifs is 1. The summed E-state index contributed by atoms with van der Waals surface area (Å²) in [5.41, 5.74) is -0.199. The molecule has 12 heteroatoms. The Labute approximate surface area is 161 Å². The van der Waals surface area contributed by atoms with Crippen LogP contribution in [0.1, 0.15) is 40.5 Å². The van der Waals surface area contributed by atoms with Gasteiger partial charge in [-0.2, -0.15) is 0 Å². The second kappa shape index (κ2) is 8.89. The normalized spacial score (nSPS) is 13.5. The highest BCUT2D eigenvalue weighted by Gasteiger charge is 2.36. The van der Waals surface area contributed by atoms with Crippen molar-refractivity contribution in [3.63, 3.8) is 0 Å². The molecule has 1 aromatic rings. The second-order valence-corrected chi connectivity index (χ2v) is 8.10. The summed E-state index contributed by atoms with van der Waals surface area (Å²) in [7, 11) is -3.32. The highest BCUT2D eigenvalue weighted by molar-refractivity contribution is 7.89. The fourth-order valence-electron chi connectivity index (χ4n) is 2.59. The highest BCUT2D eigenvalue weighted by Crippen LogP contribution is 2.26. The zero-order valence-electron chi connectivity index (χ0n) is 15.1. The molecule has 0 radical (unpaired) electrons. The summed E-state index contributed by atoms with van der Waals surface area (Å²) in [4.78, 5) is 47.5. The number of hydrogen-bond acceptors (Lipinski definition) is 7. The summed E-state index contributed by atoms with van der Waals surface area (Å²) in [6, 6.07) is 3.48. The second-order valence-electron chi connectivity index (χ2n) is 6.00. The predicted molar refractivity (Wildman–Crippen MR) is 98.2 cm³/mol. The molecule has 1 aliphatic heterocycles. The molecule has 0 unspecified atom stereocenters. The van der Waals surface area contributed by atoms with Crippen LogP contribution in [0, 0.1) is 10.1 Å². The van der Waals surface area contributed by atoms with Crippen LogP contribution >= 0.6 is 0 Å². The Hall–Kier alpha value is -2.86. The first-order valence-corrected chi connectivity index (χ1v) is 10.2. The molecular formula is C16H20N4O7S. The summed E-state index contributed by atoms with van der Waals surface area (Å²) in [6.45, 7) is 1.68. The van der Waals surface area contributed by atoms with Crippen molar-refractivity contribution in [3.05, 3.63) is 39.4 Å². The van der Waals surface area contributed by atoms with Gasteiger partial charge in [-0.25, -0.2) is 13.1 Å². The monoisotopic (exact) mass is 412 g/mol. The van der Waals surface area contributed by atoms with Gasteiger partial charge in [0.05, 0.1) is 21.8 Å². The maximum absolute atomic E-state index is 12.3. The molecular weight excluding hydrogens is 392 g/mol. The first kappa shape index (κ1) is 21.4. The lowest BCUT2D eigenvalue weighted by Gasteiger charge is -2.13. The number of nitrogens with one attached hydrogen (secondary N) is 2. The topological polar surface area (TPSA) is 156 Å². The number of rotatable bonds is 10. The van der Waals surface area contributed by atoms with Gasteiger partial charge in [-0.1, -0.05) is 0 Å². The van der Waals surface area contributed by atoms with Crippen molar-refractivity contribution in [2.45, 2.75) is 19.8 Å². The van der Waals surface area contributed by atoms with E-state index in [1.165, 1.54) is 13.0 Å². The van der Waals surface area contributed by atoms with Crippen molar-refractivity contribution < 1.29 is 27.7 Å². The largest absolute Gasteiger partial charge is 0.355 e. The van der Waals surface area contributed by atoms with E-state index in [1.807, 2.05) is 0 Å². The number of imide groups is 1. The van der Waals surface area contributed by atoms with Crippen molar-refractivity contribution in [2.24, 2.45) is 0 Å². The molecule has 2 N–H and O–H groups in total. The molecule has 0 aromatic heterocycles. The Balaban J connectivity index is 1.80. The zero-order valence-corrected chi connectivity index (χ0v) is 16.0. The van der Waals surface area contributed by atoms with E-state index in [0.717, 1.165) is 17.0 Å². The lowest BCUT2D eigenvalue weighted by molar-refractivity contribution is -0.384. The van der Waals surface area contributed by atoms with Gasteiger partial charge in [0, 0.05) is 38.2 Å². The van der Waals surface area contributed by atoms with Crippen LogP contribution in [0.25, 0.3) is 0 Å². The SMILES string of the molecule is CCS(=O)(=O)NCCNC(=O)CCCN1C(=O)c2ccc([N+](=O)[O-])cc2C1=O. The number of hydrogen-bond donors (Lipinski definition) is 2. The van der Waals surface area contributed by atoms with Gasteiger partial charge in [-0.15, -0.1) is 0 Å². The quantitative estimate of drug-likeness (QED) is 0.237. The summed E-state index contributed by atoms with van der Waals surface area (Å²) >= 11 is 0. The molecule has 1 aromatic carbocycles. The number of carbonyl (C=O) groups excluding carboxylic acids is 3. The number of amides is 3. The summed E-state index contributed by atoms with van der Waals surface area (Å²) in [6.07, 6.45) is 0.244. The lowest BCUT2D eigenvalue weighted by atomic mass is 10.1. The van der Waals surface area contributed by atoms with Crippen LogP contribution < -0.4 is 10.0 Å². The molecule has 28 heavy (non-hydrogen) atoms. The van der Waals surface area contributed by atoms with E-state index in [9.17, 15) is 32.9 Å². The third kappa shape index (κ3) is 5.10. The van der Waals surface area contributed by atoms with Crippen LogP contribution in [0.3, 0.4) is 0 Å². The molecule has 2 rings (SSSR count). The molecule has 11 nitrogen and oxygen atoms in total. The Bertz CT molecular complexity index is 914.